The average Bonchev–Trinajstić information content (AvgIpc) is 3.18. The van der Waals surface area contributed by atoms with Crippen LogP contribution in [0.2, 0.25) is 0 Å². The number of hydrogen-bond acceptors (Lipinski definition) is 5. The summed E-state index contributed by atoms with van der Waals surface area (Å²) in [7, 11) is 0. The average molecular weight is 447 g/mol. The van der Waals surface area contributed by atoms with Gasteiger partial charge in [0.05, 0.1) is 6.04 Å². The Morgan fingerprint density at radius 2 is 1.75 bits per heavy atom. The van der Waals surface area contributed by atoms with Gasteiger partial charge >= 0.3 is 0 Å². The monoisotopic (exact) mass is 446 g/mol. The quantitative estimate of drug-likeness (QED) is 0.606. The summed E-state index contributed by atoms with van der Waals surface area (Å²) in [4.78, 5) is 23.1. The fraction of sp³-hybridized carbons (Fsp3) is 0.385. The largest absolute Gasteiger partial charge is 0.354 e. The zero-order chi connectivity index (χ0) is 21.9. The van der Waals surface area contributed by atoms with Crippen LogP contribution in [-0.4, -0.2) is 42.0 Å². The first-order chi connectivity index (χ1) is 15.7. The number of benzene rings is 1. The highest BCUT2D eigenvalue weighted by molar-refractivity contribution is 7.16. The van der Waals surface area contributed by atoms with E-state index < -0.39 is 0 Å². The molecular weight excluding hydrogens is 416 g/mol. The summed E-state index contributed by atoms with van der Waals surface area (Å²) in [5, 5.41) is 4.23. The van der Waals surface area contributed by atoms with Crippen LogP contribution in [-0.2, 0) is 17.6 Å². The van der Waals surface area contributed by atoms with Crippen molar-refractivity contribution < 1.29 is 4.79 Å². The minimum Gasteiger partial charge on any atom is -0.354 e. The number of piperazine rings is 1. The van der Waals surface area contributed by atoms with Crippen molar-refractivity contribution >= 4 is 28.1 Å². The summed E-state index contributed by atoms with van der Waals surface area (Å²) < 4.78 is 0. The van der Waals surface area contributed by atoms with E-state index in [2.05, 4.69) is 62.6 Å². The summed E-state index contributed by atoms with van der Waals surface area (Å²) in [6.07, 6.45) is 6.57. The molecule has 0 radical (unpaired) electrons. The summed E-state index contributed by atoms with van der Waals surface area (Å²) in [5.41, 5.74) is 4.11. The molecule has 1 aliphatic heterocycles. The summed E-state index contributed by atoms with van der Waals surface area (Å²) in [5.74, 6) is 1.06. The first-order valence-electron chi connectivity index (χ1n) is 11.6. The molecule has 2 aromatic heterocycles. The van der Waals surface area contributed by atoms with Gasteiger partial charge in [0.1, 0.15) is 10.8 Å². The molecule has 5 nitrogen and oxygen atoms in total. The number of hydrogen-bond donors (Lipinski definition) is 1. The van der Waals surface area contributed by atoms with Crippen LogP contribution in [0.3, 0.4) is 0 Å². The fourth-order valence-corrected chi connectivity index (χ4v) is 6.45. The lowest BCUT2D eigenvalue weighted by molar-refractivity contribution is -0.114. The summed E-state index contributed by atoms with van der Waals surface area (Å²) >= 11 is 1.80. The summed E-state index contributed by atoms with van der Waals surface area (Å²) in [6.45, 7) is 5.43. The van der Waals surface area contributed by atoms with Gasteiger partial charge in [0.2, 0.25) is 5.91 Å². The molecule has 32 heavy (non-hydrogen) atoms. The molecule has 0 saturated carbocycles. The van der Waals surface area contributed by atoms with Crippen LogP contribution in [0.1, 0.15) is 47.4 Å². The second-order valence-electron chi connectivity index (χ2n) is 8.66. The number of aryl methyl sites for hydroxylation is 1. The van der Waals surface area contributed by atoms with E-state index in [0.717, 1.165) is 49.8 Å². The molecule has 5 rings (SSSR count). The standard InChI is InChI=1S/C26H30N4OS/c1-19(31)28-26-24(21-11-5-6-12-22(21)32-26)25(20-9-3-2-4-10-20)30-17-15-29(16-18-30)23-13-7-8-14-27-23/h2-4,7-10,13-14,25H,5-6,11-12,15-18H2,1H3,(H,28,31). The molecule has 0 bridgehead atoms. The second-order valence-corrected chi connectivity index (χ2v) is 9.76. The lowest BCUT2D eigenvalue weighted by Crippen LogP contribution is -2.48. The molecule has 1 aliphatic carbocycles. The van der Waals surface area contributed by atoms with Crippen molar-refractivity contribution in [1.82, 2.24) is 9.88 Å². The number of nitrogens with zero attached hydrogens (tertiary/aromatic N) is 3. The van der Waals surface area contributed by atoms with Crippen LogP contribution >= 0.6 is 11.3 Å². The fourth-order valence-electron chi connectivity index (χ4n) is 5.08. The van der Waals surface area contributed by atoms with E-state index in [1.807, 2.05) is 12.3 Å². The lowest BCUT2D eigenvalue weighted by Gasteiger charge is -2.40. The maximum atomic E-state index is 12.1. The topological polar surface area (TPSA) is 48.5 Å². The first kappa shape index (κ1) is 21.2. The van der Waals surface area contributed by atoms with Gasteiger partial charge in [-0.1, -0.05) is 36.4 Å². The van der Waals surface area contributed by atoms with Crippen molar-refractivity contribution in [2.24, 2.45) is 0 Å². The Hall–Kier alpha value is -2.70. The van der Waals surface area contributed by atoms with Gasteiger partial charge in [-0.3, -0.25) is 9.69 Å². The predicted octanol–water partition coefficient (Wildman–Crippen LogP) is 4.89. The van der Waals surface area contributed by atoms with Crippen molar-refractivity contribution in [3.05, 3.63) is 76.3 Å². The Bertz CT molecular complexity index is 1060. The highest BCUT2D eigenvalue weighted by Gasteiger charge is 2.33. The molecule has 6 heteroatoms. The van der Waals surface area contributed by atoms with Gasteiger partial charge in [-0.05, 0) is 48.9 Å². The molecule has 1 amide bonds. The van der Waals surface area contributed by atoms with Crippen LogP contribution in [0, 0.1) is 0 Å². The zero-order valence-electron chi connectivity index (χ0n) is 18.6. The zero-order valence-corrected chi connectivity index (χ0v) is 19.4. The highest BCUT2D eigenvalue weighted by atomic mass is 32.1. The highest BCUT2D eigenvalue weighted by Crippen LogP contribution is 2.45. The minimum absolute atomic E-state index is 0.0108. The van der Waals surface area contributed by atoms with Crippen molar-refractivity contribution in [2.75, 3.05) is 36.4 Å². The van der Waals surface area contributed by atoms with Gasteiger partial charge in [0.15, 0.2) is 0 Å². The number of carbonyl (C=O) groups excluding carboxylic acids is 1. The smallest absolute Gasteiger partial charge is 0.221 e. The van der Waals surface area contributed by atoms with Crippen molar-refractivity contribution in [2.45, 2.75) is 38.6 Å². The minimum atomic E-state index is 0.0108. The van der Waals surface area contributed by atoms with Gasteiger partial charge in [0, 0.05) is 49.7 Å². The van der Waals surface area contributed by atoms with Crippen molar-refractivity contribution in [3.8, 4) is 0 Å². The molecule has 1 N–H and O–H groups in total. The number of amides is 1. The molecule has 1 atom stereocenters. The molecule has 3 heterocycles. The normalized spacial score (nSPS) is 17.6. The third-order valence-electron chi connectivity index (χ3n) is 6.54. The van der Waals surface area contributed by atoms with Crippen LogP contribution in [0.4, 0.5) is 10.8 Å². The van der Waals surface area contributed by atoms with Gasteiger partial charge in [-0.2, -0.15) is 0 Å². The number of thiophene rings is 1. The SMILES string of the molecule is CC(=O)Nc1sc2c(c1C(c1ccccc1)N1CCN(c3ccccn3)CC1)CCCC2. The molecule has 166 valence electrons. The molecule has 0 spiro atoms. The molecule has 3 aromatic rings. The predicted molar refractivity (Wildman–Crippen MR) is 132 cm³/mol. The number of nitrogens with one attached hydrogen (secondary N) is 1. The molecule has 1 saturated heterocycles. The van der Waals surface area contributed by atoms with Crippen LogP contribution in [0.15, 0.2) is 54.7 Å². The number of fused-ring (bicyclic) bond motifs is 1. The van der Waals surface area contributed by atoms with Crippen molar-refractivity contribution in [1.29, 1.82) is 0 Å². The van der Waals surface area contributed by atoms with Gasteiger partial charge in [0.25, 0.3) is 0 Å². The molecule has 1 fully saturated rings. The maximum absolute atomic E-state index is 12.1. The maximum Gasteiger partial charge on any atom is 0.221 e. The molecule has 1 unspecified atom stereocenters. The van der Waals surface area contributed by atoms with Crippen molar-refractivity contribution in [3.63, 3.8) is 0 Å². The van der Waals surface area contributed by atoms with Crippen LogP contribution < -0.4 is 10.2 Å². The van der Waals surface area contributed by atoms with Crippen LogP contribution in [0.5, 0.6) is 0 Å². The van der Waals surface area contributed by atoms with E-state index in [4.69, 9.17) is 0 Å². The van der Waals surface area contributed by atoms with E-state index in [0.29, 0.717) is 0 Å². The van der Waals surface area contributed by atoms with Gasteiger partial charge in [-0.15, -0.1) is 11.3 Å². The Kier molecular flexibility index (Phi) is 6.23. The molecule has 1 aromatic carbocycles. The van der Waals surface area contributed by atoms with Crippen LogP contribution in [0.25, 0.3) is 0 Å². The number of anilines is 2. The third kappa shape index (κ3) is 4.30. The molecular formula is C26H30N4OS. The Morgan fingerprint density at radius 3 is 2.47 bits per heavy atom. The van der Waals surface area contributed by atoms with E-state index in [1.54, 1.807) is 18.3 Å². The Morgan fingerprint density at radius 1 is 1.00 bits per heavy atom. The second kappa shape index (κ2) is 9.43. The number of rotatable bonds is 5. The Labute approximate surface area is 194 Å². The number of pyridine rings is 1. The van der Waals surface area contributed by atoms with Gasteiger partial charge < -0.3 is 10.2 Å². The van der Waals surface area contributed by atoms with E-state index in [-0.39, 0.29) is 11.9 Å². The summed E-state index contributed by atoms with van der Waals surface area (Å²) in [6, 6.07) is 17.1. The van der Waals surface area contributed by atoms with E-state index >= 15 is 0 Å². The number of carbonyl (C=O) groups is 1. The molecule has 2 aliphatic rings. The number of aromatic nitrogens is 1. The van der Waals surface area contributed by atoms with Gasteiger partial charge in [-0.25, -0.2) is 4.98 Å². The third-order valence-corrected chi connectivity index (χ3v) is 7.77. The lowest BCUT2D eigenvalue weighted by atomic mass is 9.88. The Balaban J connectivity index is 1.51. The van der Waals surface area contributed by atoms with E-state index in [1.165, 1.54) is 34.4 Å². The first-order valence-corrected chi connectivity index (χ1v) is 12.4. The van der Waals surface area contributed by atoms with E-state index in [9.17, 15) is 4.79 Å².